The molecule has 8 heteroatoms. The van der Waals surface area contributed by atoms with Crippen LogP contribution in [0.4, 0.5) is 0 Å². The van der Waals surface area contributed by atoms with E-state index in [0.29, 0.717) is 22.9 Å². The second-order valence-electron chi connectivity index (χ2n) is 7.64. The highest BCUT2D eigenvalue weighted by Gasteiger charge is 2.43. The number of hydrogen-bond acceptors (Lipinski definition) is 5. The Bertz CT molecular complexity index is 870. The molecule has 2 atom stereocenters. The third-order valence-corrected chi connectivity index (χ3v) is 7.30. The van der Waals surface area contributed by atoms with Crippen LogP contribution in [-0.4, -0.2) is 59.6 Å². The fourth-order valence-corrected chi connectivity index (χ4v) is 5.66. The van der Waals surface area contributed by atoms with Gasteiger partial charge < -0.3 is 19.5 Å². The van der Waals surface area contributed by atoms with E-state index in [1.807, 2.05) is 6.07 Å². The molecule has 0 aliphatic carbocycles. The average molecular weight is 448 g/mol. The molecular weight excluding hydrogens is 422 g/mol. The molecule has 0 radical (unpaired) electrons. The molecule has 0 spiro atoms. The zero-order valence-corrected chi connectivity index (χ0v) is 18.3. The lowest BCUT2D eigenvalue weighted by Crippen LogP contribution is -2.49. The Morgan fingerprint density at radius 1 is 1.17 bits per heavy atom. The molecule has 2 fully saturated rings. The Hall–Kier alpha value is -1.96. The van der Waals surface area contributed by atoms with E-state index in [0.717, 1.165) is 25.2 Å². The van der Waals surface area contributed by atoms with Crippen molar-refractivity contribution in [1.29, 1.82) is 0 Å². The van der Waals surface area contributed by atoms with Crippen LogP contribution in [0.1, 0.15) is 40.6 Å². The lowest BCUT2D eigenvalue weighted by molar-refractivity contribution is -0.124. The number of furan rings is 1. The van der Waals surface area contributed by atoms with Crippen molar-refractivity contribution < 1.29 is 14.0 Å². The summed E-state index contributed by atoms with van der Waals surface area (Å²) in [5, 5.41) is 3.14. The molecule has 1 aromatic carbocycles. The first-order chi connectivity index (χ1) is 14.6. The number of nitrogens with one attached hydrogen (secondary N) is 1. The van der Waals surface area contributed by atoms with Gasteiger partial charge in [0.2, 0.25) is 5.91 Å². The van der Waals surface area contributed by atoms with Crippen molar-refractivity contribution in [2.24, 2.45) is 0 Å². The zero-order valence-electron chi connectivity index (χ0n) is 16.8. The Labute approximate surface area is 185 Å². The smallest absolute Gasteiger partial charge is 0.257 e. The summed E-state index contributed by atoms with van der Waals surface area (Å²) in [6.07, 6.45) is 6.94. The Balaban J connectivity index is 1.48. The average Bonchev–Trinajstić information content (AvgIpc) is 3.44. The lowest BCUT2D eigenvalue weighted by Gasteiger charge is -2.29. The second kappa shape index (κ2) is 9.90. The Morgan fingerprint density at radius 2 is 1.97 bits per heavy atom. The third kappa shape index (κ3) is 4.68. The molecule has 2 aromatic rings. The topological polar surface area (TPSA) is 65.8 Å². The predicted octanol–water partition coefficient (Wildman–Crippen LogP) is 3.79. The monoisotopic (exact) mass is 447 g/mol. The van der Waals surface area contributed by atoms with E-state index in [1.165, 1.54) is 19.3 Å². The highest BCUT2D eigenvalue weighted by atomic mass is 35.5. The fourth-order valence-electron chi connectivity index (χ4n) is 4.04. The maximum Gasteiger partial charge on any atom is 0.257 e. The van der Waals surface area contributed by atoms with Crippen LogP contribution < -0.4 is 5.32 Å². The van der Waals surface area contributed by atoms with E-state index >= 15 is 0 Å². The van der Waals surface area contributed by atoms with Gasteiger partial charge in [0.25, 0.3) is 5.91 Å². The van der Waals surface area contributed by atoms with Crippen LogP contribution in [-0.2, 0) is 4.79 Å². The number of piperidine rings is 1. The van der Waals surface area contributed by atoms with Gasteiger partial charge >= 0.3 is 0 Å². The minimum absolute atomic E-state index is 0.120. The first-order valence-corrected chi connectivity index (χ1v) is 11.8. The number of rotatable bonds is 6. The summed E-state index contributed by atoms with van der Waals surface area (Å²) in [4.78, 5) is 30.5. The van der Waals surface area contributed by atoms with E-state index in [1.54, 1.807) is 53.5 Å². The number of thioether (sulfide) groups is 1. The molecule has 6 nitrogen and oxygen atoms in total. The third-order valence-electron chi connectivity index (χ3n) is 5.65. The molecule has 1 aromatic heterocycles. The highest BCUT2D eigenvalue weighted by Crippen LogP contribution is 2.42. The number of benzene rings is 1. The minimum Gasteiger partial charge on any atom is -0.472 e. The lowest BCUT2D eigenvalue weighted by atomic mass is 10.1. The van der Waals surface area contributed by atoms with E-state index in [-0.39, 0.29) is 17.2 Å². The molecule has 2 aliphatic heterocycles. The molecule has 2 unspecified atom stereocenters. The number of nitrogens with zero attached hydrogens (tertiary/aromatic N) is 2. The van der Waals surface area contributed by atoms with Gasteiger partial charge in [-0.05, 0) is 44.1 Å². The minimum atomic E-state index is -0.556. The van der Waals surface area contributed by atoms with E-state index in [4.69, 9.17) is 16.0 Å². The van der Waals surface area contributed by atoms with Crippen molar-refractivity contribution in [1.82, 2.24) is 15.1 Å². The summed E-state index contributed by atoms with van der Waals surface area (Å²) >= 11 is 7.85. The molecule has 0 bridgehead atoms. The first kappa shape index (κ1) is 21.3. The SMILES string of the molecule is O=C(NCCN1CCCCC1)C1CSC(c2ccoc2)N1C(=O)c1ccccc1Cl. The fraction of sp³-hybridized carbons (Fsp3) is 0.455. The number of amides is 2. The quantitative estimate of drug-likeness (QED) is 0.729. The first-order valence-electron chi connectivity index (χ1n) is 10.4. The summed E-state index contributed by atoms with van der Waals surface area (Å²) in [6.45, 7) is 3.61. The predicted molar refractivity (Wildman–Crippen MR) is 119 cm³/mol. The number of halogens is 1. The van der Waals surface area contributed by atoms with Gasteiger partial charge in [-0.1, -0.05) is 30.2 Å². The maximum atomic E-state index is 13.4. The molecule has 4 rings (SSSR count). The van der Waals surface area contributed by atoms with Crippen LogP contribution in [0.2, 0.25) is 5.02 Å². The van der Waals surface area contributed by atoms with Gasteiger partial charge in [-0.3, -0.25) is 9.59 Å². The zero-order chi connectivity index (χ0) is 20.9. The van der Waals surface area contributed by atoms with Crippen LogP contribution in [0.3, 0.4) is 0 Å². The van der Waals surface area contributed by atoms with Crippen LogP contribution in [0, 0.1) is 0 Å². The Kier molecular flexibility index (Phi) is 7.02. The van der Waals surface area contributed by atoms with E-state index in [2.05, 4.69) is 10.2 Å². The molecule has 2 aliphatic rings. The number of likely N-dealkylation sites (tertiary alicyclic amines) is 1. The normalized spacial score (nSPS) is 22.2. The van der Waals surface area contributed by atoms with Gasteiger partial charge in [0.15, 0.2) is 0 Å². The van der Waals surface area contributed by atoms with Crippen LogP contribution >= 0.6 is 23.4 Å². The molecule has 0 saturated carbocycles. The molecular formula is C22H26ClN3O3S. The molecule has 1 N–H and O–H groups in total. The highest BCUT2D eigenvalue weighted by molar-refractivity contribution is 7.99. The molecule has 30 heavy (non-hydrogen) atoms. The van der Waals surface area contributed by atoms with Crippen LogP contribution in [0.25, 0.3) is 0 Å². The van der Waals surface area contributed by atoms with Crippen molar-refractivity contribution in [2.75, 3.05) is 31.9 Å². The standard InChI is InChI=1S/C22H26ClN3O3S/c23-18-7-3-2-6-17(18)21(28)26-19(15-30-22(26)16-8-13-29-14-16)20(27)24-9-12-25-10-4-1-5-11-25/h2-3,6-8,13-14,19,22H,1,4-5,9-12,15H2,(H,24,27). The van der Waals surface area contributed by atoms with Crippen molar-refractivity contribution in [3.05, 3.63) is 59.0 Å². The van der Waals surface area contributed by atoms with Crippen molar-refractivity contribution in [3.8, 4) is 0 Å². The number of carbonyl (C=O) groups is 2. The van der Waals surface area contributed by atoms with Gasteiger partial charge in [0.1, 0.15) is 11.4 Å². The largest absolute Gasteiger partial charge is 0.472 e. The van der Waals surface area contributed by atoms with E-state index in [9.17, 15) is 9.59 Å². The van der Waals surface area contributed by atoms with Crippen LogP contribution in [0.5, 0.6) is 0 Å². The summed E-state index contributed by atoms with van der Waals surface area (Å²) < 4.78 is 5.23. The summed E-state index contributed by atoms with van der Waals surface area (Å²) in [6, 6.07) is 8.24. The summed E-state index contributed by atoms with van der Waals surface area (Å²) in [5.74, 6) is 0.167. The maximum absolute atomic E-state index is 13.4. The van der Waals surface area contributed by atoms with E-state index < -0.39 is 6.04 Å². The van der Waals surface area contributed by atoms with Gasteiger partial charge in [-0.2, -0.15) is 0 Å². The summed E-state index contributed by atoms with van der Waals surface area (Å²) in [5.41, 5.74) is 1.27. The molecule has 2 amide bonds. The van der Waals surface area contributed by atoms with Crippen molar-refractivity contribution in [3.63, 3.8) is 0 Å². The molecule has 2 saturated heterocycles. The van der Waals surface area contributed by atoms with Crippen molar-refractivity contribution in [2.45, 2.75) is 30.7 Å². The van der Waals surface area contributed by atoms with Gasteiger partial charge in [0, 0.05) is 24.4 Å². The number of carbonyl (C=O) groups excluding carboxylic acids is 2. The second-order valence-corrected chi connectivity index (χ2v) is 9.16. The molecule has 160 valence electrons. The van der Waals surface area contributed by atoms with Crippen LogP contribution in [0.15, 0.2) is 47.3 Å². The molecule has 3 heterocycles. The van der Waals surface area contributed by atoms with Gasteiger partial charge in [0.05, 0.1) is 23.1 Å². The van der Waals surface area contributed by atoms with Gasteiger partial charge in [-0.15, -0.1) is 11.8 Å². The summed E-state index contributed by atoms with van der Waals surface area (Å²) in [7, 11) is 0. The number of hydrogen-bond donors (Lipinski definition) is 1. The Morgan fingerprint density at radius 3 is 2.70 bits per heavy atom. The van der Waals surface area contributed by atoms with Gasteiger partial charge in [-0.25, -0.2) is 0 Å². The van der Waals surface area contributed by atoms with Crippen molar-refractivity contribution >= 4 is 35.2 Å².